The minimum Gasteiger partial charge on any atom is -0.399 e. The van der Waals surface area contributed by atoms with Gasteiger partial charge in [-0.25, -0.2) is 10.4 Å². The van der Waals surface area contributed by atoms with E-state index in [0.29, 0.717) is 5.69 Å². The second-order valence-corrected chi connectivity index (χ2v) is 9.55. The molecule has 0 saturated carbocycles. The Labute approximate surface area is 173 Å². The quantitative estimate of drug-likeness (QED) is 0.298. The number of anilines is 2. The van der Waals surface area contributed by atoms with E-state index in [0.717, 1.165) is 12.1 Å². The van der Waals surface area contributed by atoms with Gasteiger partial charge in [0.1, 0.15) is 9.79 Å². The summed E-state index contributed by atoms with van der Waals surface area (Å²) in [4.78, 5) is 11.2. The summed E-state index contributed by atoms with van der Waals surface area (Å²) in [5.74, 6) is -0.221. The van der Waals surface area contributed by atoms with E-state index < -0.39 is 30.0 Å². The fourth-order valence-corrected chi connectivity index (χ4v) is 4.39. The van der Waals surface area contributed by atoms with Gasteiger partial charge in [0.25, 0.3) is 20.2 Å². The Hall–Kier alpha value is -2.77. The van der Waals surface area contributed by atoms with Crippen LogP contribution in [0.3, 0.4) is 0 Å². The number of hydrogen-bond donors (Lipinski definition) is 4. The average Bonchev–Trinajstić information content (AvgIpc) is 2.96. The van der Waals surface area contributed by atoms with Crippen LogP contribution in [-0.2, 0) is 25.0 Å². The predicted molar refractivity (Wildman–Crippen MR) is 111 cm³/mol. The Bertz CT molecular complexity index is 1250. The second-order valence-electron chi connectivity index (χ2n) is 6.77. The van der Waals surface area contributed by atoms with E-state index in [1.807, 2.05) is 6.92 Å². The maximum atomic E-state index is 12.1. The smallest absolute Gasteiger partial charge is 0.295 e. The van der Waals surface area contributed by atoms with Crippen molar-refractivity contribution in [3.63, 3.8) is 0 Å². The molecule has 3 rings (SSSR count). The molecule has 5 N–H and O–H groups in total. The predicted octanol–water partition coefficient (Wildman–Crippen LogP) is 1.56. The highest BCUT2D eigenvalue weighted by molar-refractivity contribution is 7.86. The normalized spacial score (nSPS) is 17.8. The van der Waals surface area contributed by atoms with Gasteiger partial charge in [-0.05, 0) is 54.4 Å². The summed E-state index contributed by atoms with van der Waals surface area (Å²) in [6.45, 7) is 1.81. The fraction of sp³-hybridized carbons (Fsp3) is 0.167. The zero-order valence-electron chi connectivity index (χ0n) is 15.7. The lowest BCUT2D eigenvalue weighted by Gasteiger charge is -2.18. The highest BCUT2D eigenvalue weighted by Gasteiger charge is 2.28. The molecule has 2 aromatic carbocycles. The number of nitrogens with one attached hydrogen (secondary N) is 1. The van der Waals surface area contributed by atoms with E-state index in [4.69, 9.17) is 5.73 Å². The summed E-state index contributed by atoms with van der Waals surface area (Å²) in [6, 6.07) is 7.40. The molecule has 0 aliphatic carbocycles. The molecule has 1 amide bonds. The molecular weight excluding hydrogens is 434 g/mol. The van der Waals surface area contributed by atoms with Gasteiger partial charge in [0, 0.05) is 18.2 Å². The molecule has 1 aliphatic heterocycles. The maximum Gasteiger partial charge on any atom is 0.295 e. The Morgan fingerprint density at radius 3 is 2.03 bits per heavy atom. The highest BCUT2D eigenvalue weighted by Crippen LogP contribution is 2.28. The van der Waals surface area contributed by atoms with Crippen molar-refractivity contribution in [1.29, 1.82) is 0 Å². The van der Waals surface area contributed by atoms with Crippen LogP contribution in [0.15, 0.2) is 46.2 Å². The molecule has 0 aromatic heterocycles. The minimum atomic E-state index is -4.62. The van der Waals surface area contributed by atoms with E-state index in [9.17, 15) is 30.7 Å². The number of amides is 1. The van der Waals surface area contributed by atoms with Crippen molar-refractivity contribution in [2.24, 2.45) is 0 Å². The Kier molecular flexibility index (Phi) is 5.71. The molecule has 10 nitrogen and oxygen atoms in total. The average molecular weight is 453 g/mol. The highest BCUT2D eigenvalue weighted by atomic mass is 32.2. The lowest BCUT2D eigenvalue weighted by Crippen LogP contribution is -2.36. The van der Waals surface area contributed by atoms with Gasteiger partial charge in [-0.15, -0.1) is 0 Å². The molecule has 1 fully saturated rings. The molecule has 1 aliphatic rings. The van der Waals surface area contributed by atoms with E-state index in [1.165, 1.54) is 41.4 Å². The number of nitrogen functional groups attached to an aromatic ring is 1. The number of benzene rings is 2. The first-order valence-electron chi connectivity index (χ1n) is 8.62. The molecular formula is C18H19N3O7S2. The second kappa shape index (κ2) is 7.81. The number of carbonyl (C=O) groups excluding carboxylic acids is 1. The molecule has 0 radical (unpaired) electrons. The van der Waals surface area contributed by atoms with Crippen LogP contribution in [0.1, 0.15) is 24.5 Å². The molecule has 0 spiro atoms. The summed E-state index contributed by atoms with van der Waals surface area (Å²) in [7, 11) is -9.18. The van der Waals surface area contributed by atoms with Crippen LogP contribution in [-0.4, -0.2) is 37.9 Å². The number of carbonyl (C=O) groups is 1. The van der Waals surface area contributed by atoms with Crippen molar-refractivity contribution in [2.45, 2.75) is 29.2 Å². The summed E-state index contributed by atoms with van der Waals surface area (Å²) in [5, 5.41) is 1.26. The molecule has 1 saturated heterocycles. The Balaban J connectivity index is 2.12. The van der Waals surface area contributed by atoms with Gasteiger partial charge >= 0.3 is 0 Å². The van der Waals surface area contributed by atoms with Crippen LogP contribution < -0.4 is 16.2 Å². The molecule has 160 valence electrons. The molecule has 1 unspecified atom stereocenters. The van der Waals surface area contributed by atoms with Crippen molar-refractivity contribution < 1.29 is 30.7 Å². The van der Waals surface area contributed by atoms with Crippen LogP contribution in [0.5, 0.6) is 0 Å². The summed E-state index contributed by atoms with van der Waals surface area (Å²) >= 11 is 0. The zero-order chi connectivity index (χ0) is 22.3. The van der Waals surface area contributed by atoms with Crippen molar-refractivity contribution >= 4 is 49.7 Å². The third-order valence-electron chi connectivity index (χ3n) is 4.36. The van der Waals surface area contributed by atoms with E-state index in [-0.39, 0.29) is 35.2 Å². The van der Waals surface area contributed by atoms with Crippen LogP contribution in [0, 0.1) is 0 Å². The fourth-order valence-electron chi connectivity index (χ4n) is 3.06. The van der Waals surface area contributed by atoms with Gasteiger partial charge in [-0.2, -0.15) is 16.8 Å². The van der Waals surface area contributed by atoms with Crippen molar-refractivity contribution in [2.75, 3.05) is 10.7 Å². The minimum absolute atomic E-state index is 0.00661. The van der Waals surface area contributed by atoms with Gasteiger partial charge in [0.2, 0.25) is 5.91 Å². The zero-order valence-corrected chi connectivity index (χ0v) is 17.3. The summed E-state index contributed by atoms with van der Waals surface area (Å²) in [5.41, 5.74) is 9.16. The van der Waals surface area contributed by atoms with Gasteiger partial charge < -0.3 is 5.73 Å². The van der Waals surface area contributed by atoms with Crippen molar-refractivity contribution in [3.8, 4) is 0 Å². The monoisotopic (exact) mass is 453 g/mol. The van der Waals surface area contributed by atoms with Crippen LogP contribution in [0.25, 0.3) is 12.2 Å². The molecule has 12 heteroatoms. The first-order valence-corrected chi connectivity index (χ1v) is 11.5. The Morgan fingerprint density at radius 1 is 1.00 bits per heavy atom. The van der Waals surface area contributed by atoms with Gasteiger partial charge in [-0.3, -0.25) is 13.9 Å². The third-order valence-corrected chi connectivity index (χ3v) is 6.22. The lowest BCUT2D eigenvalue weighted by molar-refractivity contribution is -0.117. The molecule has 1 heterocycles. The topological polar surface area (TPSA) is 167 Å². The maximum absolute atomic E-state index is 12.1. The van der Waals surface area contributed by atoms with Crippen molar-refractivity contribution in [3.05, 3.63) is 47.5 Å². The SMILES string of the molecule is CC1CC(=O)N(c2ccc(S(=O)(=O)O)c(/C=C/c3cc(N)ccc3S(=O)(=O)O)c2)N1. The van der Waals surface area contributed by atoms with Gasteiger partial charge in [-0.1, -0.05) is 12.2 Å². The van der Waals surface area contributed by atoms with Gasteiger partial charge in [0.15, 0.2) is 0 Å². The Morgan fingerprint density at radius 2 is 1.53 bits per heavy atom. The number of nitrogens with two attached hydrogens (primary N) is 1. The number of hydrazine groups is 1. The van der Waals surface area contributed by atoms with Crippen molar-refractivity contribution in [1.82, 2.24) is 5.43 Å². The van der Waals surface area contributed by atoms with Crippen LogP contribution in [0.2, 0.25) is 0 Å². The summed E-state index contributed by atoms with van der Waals surface area (Å²) in [6.07, 6.45) is 2.72. The lowest BCUT2D eigenvalue weighted by atomic mass is 10.1. The number of nitrogens with zero attached hydrogens (tertiary/aromatic N) is 1. The van der Waals surface area contributed by atoms with E-state index in [2.05, 4.69) is 5.43 Å². The third kappa shape index (κ3) is 4.68. The van der Waals surface area contributed by atoms with E-state index >= 15 is 0 Å². The van der Waals surface area contributed by atoms with E-state index in [1.54, 1.807) is 0 Å². The first kappa shape index (κ1) is 21.9. The number of rotatable bonds is 5. The van der Waals surface area contributed by atoms with Gasteiger partial charge in [0.05, 0.1) is 5.69 Å². The first-order chi connectivity index (χ1) is 13.9. The van der Waals surface area contributed by atoms with Crippen LogP contribution >= 0.6 is 0 Å². The molecule has 30 heavy (non-hydrogen) atoms. The molecule has 2 aromatic rings. The number of hydrogen-bond acceptors (Lipinski definition) is 7. The molecule has 0 bridgehead atoms. The standard InChI is InChI=1S/C18H19N3O7S2/c1-11-8-18(22)21(20-11)15-5-7-17(30(26,27)28)13(10-15)3-2-12-9-14(19)4-6-16(12)29(23,24)25/h2-7,9-11,20H,8,19H2,1H3,(H,23,24,25)(H,26,27,28)/b3-2+. The summed E-state index contributed by atoms with van der Waals surface area (Å²) < 4.78 is 65.6. The largest absolute Gasteiger partial charge is 0.399 e. The molecule has 1 atom stereocenters. The van der Waals surface area contributed by atoms with Crippen LogP contribution in [0.4, 0.5) is 11.4 Å².